The van der Waals surface area contributed by atoms with Crippen LogP contribution in [-0.2, 0) is 0 Å². The van der Waals surface area contributed by atoms with E-state index in [9.17, 15) is 14.7 Å². The largest absolute Gasteiger partial charge is 0.508 e. The molecule has 0 radical (unpaired) electrons. The normalized spacial score (nSPS) is 11.4. The number of rotatable bonds is 4. The van der Waals surface area contributed by atoms with Gasteiger partial charge >= 0.3 is 0 Å². The van der Waals surface area contributed by atoms with Crippen molar-refractivity contribution >= 4 is 12.3 Å². The molecule has 0 aliphatic rings. The molecule has 2 heterocycles. The SMILES string of the molecule is CC(C)=Cc1c(C)c(/C=N/O)n(-c2c(C)noc2C)c1-c1ccc(O)cc1F. The summed E-state index contributed by atoms with van der Waals surface area (Å²) < 4.78 is 22.0. The number of benzene rings is 1. The molecule has 0 fully saturated rings. The molecule has 0 unspecified atom stereocenters. The minimum absolute atomic E-state index is 0.158. The van der Waals surface area contributed by atoms with E-state index in [-0.39, 0.29) is 5.75 Å². The molecule has 0 saturated carbocycles. The Balaban J connectivity index is 2.54. The lowest BCUT2D eigenvalue weighted by Crippen LogP contribution is -2.05. The van der Waals surface area contributed by atoms with Gasteiger partial charge in [-0.05, 0) is 52.3 Å². The van der Waals surface area contributed by atoms with E-state index in [4.69, 9.17) is 4.52 Å². The fourth-order valence-electron chi connectivity index (χ4n) is 3.39. The number of oxime groups is 1. The summed E-state index contributed by atoms with van der Waals surface area (Å²) >= 11 is 0. The molecule has 2 aromatic heterocycles. The van der Waals surface area contributed by atoms with Gasteiger partial charge in [0.15, 0.2) is 5.76 Å². The van der Waals surface area contributed by atoms with Crippen molar-refractivity contribution < 1.29 is 19.2 Å². The minimum atomic E-state index is -0.568. The monoisotopic (exact) mass is 383 g/mol. The molecule has 0 saturated heterocycles. The fourth-order valence-corrected chi connectivity index (χ4v) is 3.39. The highest BCUT2D eigenvalue weighted by Crippen LogP contribution is 2.38. The van der Waals surface area contributed by atoms with Crippen LogP contribution in [0, 0.1) is 26.6 Å². The van der Waals surface area contributed by atoms with E-state index in [1.165, 1.54) is 18.3 Å². The molecule has 28 heavy (non-hydrogen) atoms. The highest BCUT2D eigenvalue weighted by Gasteiger charge is 2.26. The van der Waals surface area contributed by atoms with Crippen LogP contribution in [0.2, 0.25) is 0 Å². The highest BCUT2D eigenvalue weighted by atomic mass is 19.1. The number of allylic oxidation sites excluding steroid dienone is 1. The number of aromatic nitrogens is 2. The molecule has 0 amide bonds. The average Bonchev–Trinajstić information content (AvgIpc) is 3.06. The summed E-state index contributed by atoms with van der Waals surface area (Å²) in [6.45, 7) is 9.33. The fraction of sp³-hybridized carbons (Fsp3) is 0.238. The molecule has 0 aliphatic heterocycles. The van der Waals surface area contributed by atoms with Crippen LogP contribution in [0.15, 0.2) is 33.5 Å². The number of nitrogens with zero attached hydrogens (tertiary/aromatic N) is 3. The van der Waals surface area contributed by atoms with Gasteiger partial charge in [-0.25, -0.2) is 4.39 Å². The quantitative estimate of drug-likeness (QED) is 0.371. The zero-order valence-electron chi connectivity index (χ0n) is 16.4. The molecular formula is C21H22FN3O3. The third-order valence-corrected chi connectivity index (χ3v) is 4.55. The lowest BCUT2D eigenvalue weighted by Gasteiger charge is -2.13. The summed E-state index contributed by atoms with van der Waals surface area (Å²) in [5.41, 5.74) is 5.30. The topological polar surface area (TPSA) is 83.8 Å². The van der Waals surface area contributed by atoms with Crippen LogP contribution >= 0.6 is 0 Å². The van der Waals surface area contributed by atoms with Crippen molar-refractivity contribution in [3.05, 3.63) is 57.9 Å². The maximum atomic E-state index is 14.9. The minimum Gasteiger partial charge on any atom is -0.508 e. The Labute approximate surface area is 162 Å². The number of phenols is 1. The van der Waals surface area contributed by atoms with Gasteiger partial charge in [0.25, 0.3) is 0 Å². The van der Waals surface area contributed by atoms with Crippen molar-refractivity contribution in [1.29, 1.82) is 0 Å². The van der Waals surface area contributed by atoms with Crippen LogP contribution < -0.4 is 0 Å². The Morgan fingerprint density at radius 1 is 1.25 bits per heavy atom. The Morgan fingerprint density at radius 2 is 1.96 bits per heavy atom. The van der Waals surface area contributed by atoms with Crippen LogP contribution in [-0.4, -0.2) is 26.3 Å². The number of hydrogen-bond donors (Lipinski definition) is 2. The Kier molecular flexibility index (Phi) is 5.09. The lowest BCUT2D eigenvalue weighted by molar-refractivity contribution is 0.321. The van der Waals surface area contributed by atoms with Crippen LogP contribution in [0.25, 0.3) is 23.0 Å². The van der Waals surface area contributed by atoms with Gasteiger partial charge in [0.1, 0.15) is 22.9 Å². The van der Waals surface area contributed by atoms with E-state index in [0.29, 0.717) is 34.1 Å². The smallest absolute Gasteiger partial charge is 0.157 e. The first-order chi connectivity index (χ1) is 13.3. The maximum absolute atomic E-state index is 14.9. The maximum Gasteiger partial charge on any atom is 0.157 e. The van der Waals surface area contributed by atoms with Gasteiger partial charge in [-0.2, -0.15) is 0 Å². The van der Waals surface area contributed by atoms with E-state index >= 15 is 0 Å². The molecule has 7 heteroatoms. The summed E-state index contributed by atoms with van der Waals surface area (Å²) in [5, 5.41) is 26.1. The van der Waals surface area contributed by atoms with Crippen LogP contribution in [0.3, 0.4) is 0 Å². The van der Waals surface area contributed by atoms with Gasteiger partial charge in [-0.1, -0.05) is 22.0 Å². The first-order valence-electron chi connectivity index (χ1n) is 8.76. The molecule has 146 valence electrons. The van der Waals surface area contributed by atoms with Gasteiger partial charge in [0.05, 0.1) is 17.6 Å². The van der Waals surface area contributed by atoms with Crippen LogP contribution in [0.1, 0.15) is 42.1 Å². The predicted octanol–water partition coefficient (Wildman–Crippen LogP) is 5.13. The van der Waals surface area contributed by atoms with E-state index in [2.05, 4.69) is 10.3 Å². The standard InChI is InChI=1S/C21H22FN3O3/c1-11(2)8-17-12(3)19(10-23-27)25(20-13(4)24-28-14(20)5)21(17)16-7-6-15(26)9-18(16)22/h6-10,26-27H,1-5H3/b23-10+. The molecule has 3 rings (SSSR count). The van der Waals surface area contributed by atoms with Gasteiger partial charge in [0, 0.05) is 17.2 Å². The number of aromatic hydroxyl groups is 1. The summed E-state index contributed by atoms with van der Waals surface area (Å²) in [6.07, 6.45) is 3.26. The molecule has 2 N–H and O–H groups in total. The summed E-state index contributed by atoms with van der Waals surface area (Å²) in [6, 6.07) is 4.03. The Hall–Kier alpha value is -3.35. The van der Waals surface area contributed by atoms with E-state index in [0.717, 1.165) is 22.8 Å². The van der Waals surface area contributed by atoms with Crippen LogP contribution in [0.4, 0.5) is 4.39 Å². The second-order valence-electron chi connectivity index (χ2n) is 6.91. The molecule has 0 atom stereocenters. The van der Waals surface area contributed by atoms with Crippen molar-refractivity contribution in [2.24, 2.45) is 5.16 Å². The summed E-state index contributed by atoms with van der Waals surface area (Å²) in [4.78, 5) is 0. The summed E-state index contributed by atoms with van der Waals surface area (Å²) in [7, 11) is 0. The zero-order valence-corrected chi connectivity index (χ0v) is 16.4. The van der Waals surface area contributed by atoms with E-state index in [1.807, 2.05) is 26.8 Å². The third kappa shape index (κ3) is 3.19. The van der Waals surface area contributed by atoms with E-state index < -0.39 is 5.82 Å². The molecule has 0 bridgehead atoms. The predicted molar refractivity (Wildman–Crippen MR) is 106 cm³/mol. The number of halogens is 1. The third-order valence-electron chi connectivity index (χ3n) is 4.55. The Morgan fingerprint density at radius 3 is 2.50 bits per heavy atom. The van der Waals surface area contributed by atoms with Crippen molar-refractivity contribution in [1.82, 2.24) is 9.72 Å². The van der Waals surface area contributed by atoms with Crippen molar-refractivity contribution in [3.8, 4) is 22.7 Å². The Bertz CT molecular complexity index is 1080. The van der Waals surface area contributed by atoms with Gasteiger partial charge in [-0.15, -0.1) is 0 Å². The molecule has 3 aromatic rings. The lowest BCUT2D eigenvalue weighted by atomic mass is 10.0. The van der Waals surface area contributed by atoms with Crippen molar-refractivity contribution in [2.45, 2.75) is 34.6 Å². The molecular weight excluding hydrogens is 361 g/mol. The summed E-state index contributed by atoms with van der Waals surface area (Å²) in [5.74, 6) is -0.181. The second-order valence-corrected chi connectivity index (χ2v) is 6.91. The second kappa shape index (κ2) is 7.34. The van der Waals surface area contributed by atoms with Crippen molar-refractivity contribution in [2.75, 3.05) is 0 Å². The number of hydrogen-bond acceptors (Lipinski definition) is 5. The molecule has 1 aromatic carbocycles. The molecule has 0 aliphatic carbocycles. The van der Waals surface area contributed by atoms with E-state index in [1.54, 1.807) is 18.4 Å². The average molecular weight is 383 g/mol. The van der Waals surface area contributed by atoms with Crippen molar-refractivity contribution in [3.63, 3.8) is 0 Å². The number of aryl methyl sites for hydroxylation is 2. The van der Waals surface area contributed by atoms with Crippen LogP contribution in [0.5, 0.6) is 5.75 Å². The molecule has 6 nitrogen and oxygen atoms in total. The first-order valence-corrected chi connectivity index (χ1v) is 8.76. The van der Waals surface area contributed by atoms with Gasteiger partial charge < -0.3 is 19.4 Å². The zero-order chi connectivity index (χ0) is 20.6. The number of phenolic OH excluding ortho intramolecular Hbond substituents is 1. The van der Waals surface area contributed by atoms with Gasteiger partial charge in [0.2, 0.25) is 0 Å². The highest BCUT2D eigenvalue weighted by molar-refractivity contribution is 5.90. The van der Waals surface area contributed by atoms with Gasteiger partial charge in [-0.3, -0.25) is 0 Å². The molecule has 0 spiro atoms. The first kappa shape index (κ1) is 19.4.